The Kier molecular flexibility index (Phi) is 10.9. The molecule has 3 aromatic carbocycles. The molecule has 3 rings (SSSR count). The molecule has 0 aliphatic rings. The van der Waals surface area contributed by atoms with Crippen LogP contribution in [0.3, 0.4) is 0 Å². The summed E-state index contributed by atoms with van der Waals surface area (Å²) in [4.78, 5) is 27.9. The van der Waals surface area contributed by atoms with Gasteiger partial charge in [0.1, 0.15) is 12.6 Å². The summed E-state index contributed by atoms with van der Waals surface area (Å²) in [7, 11) is -4.52. The number of nitrogens with zero attached hydrogens (tertiary/aromatic N) is 2. The fourth-order valence-corrected chi connectivity index (χ4v) is 5.72. The van der Waals surface area contributed by atoms with Gasteiger partial charge in [-0.2, -0.15) is 13.2 Å². The second-order valence-corrected chi connectivity index (χ2v) is 12.3. The summed E-state index contributed by atoms with van der Waals surface area (Å²) in [6, 6.07) is 14.1. The van der Waals surface area contributed by atoms with Crippen molar-refractivity contribution in [2.75, 3.05) is 10.8 Å². The predicted molar refractivity (Wildman–Crippen MR) is 157 cm³/mol. The lowest BCUT2D eigenvalue weighted by Crippen LogP contribution is -2.52. The molecule has 0 radical (unpaired) electrons. The number of sulfonamides is 1. The molecule has 1 N–H and O–H groups in total. The second-order valence-electron chi connectivity index (χ2n) is 9.64. The molecule has 0 spiro atoms. The van der Waals surface area contributed by atoms with E-state index < -0.39 is 46.2 Å². The molecule has 0 saturated heterocycles. The molecule has 2 atom stereocenters. The Morgan fingerprint density at radius 2 is 1.60 bits per heavy atom. The number of hydrogen-bond acceptors (Lipinski definition) is 4. The molecule has 0 aliphatic carbocycles. The third kappa shape index (κ3) is 8.17. The molecule has 0 saturated carbocycles. The van der Waals surface area contributed by atoms with Gasteiger partial charge in [0.25, 0.3) is 10.0 Å². The number of rotatable bonds is 11. The highest BCUT2D eigenvalue weighted by Gasteiger charge is 2.35. The highest BCUT2D eigenvalue weighted by molar-refractivity contribution is 7.92. The van der Waals surface area contributed by atoms with E-state index in [2.05, 4.69) is 5.32 Å². The van der Waals surface area contributed by atoms with Gasteiger partial charge in [-0.25, -0.2) is 8.42 Å². The molecule has 0 aliphatic heterocycles. The van der Waals surface area contributed by atoms with E-state index in [1.54, 1.807) is 19.1 Å². The highest BCUT2D eigenvalue weighted by Crippen LogP contribution is 2.33. The van der Waals surface area contributed by atoms with E-state index in [0.717, 1.165) is 17.0 Å². The normalized spacial score (nSPS) is 13.2. The van der Waals surface area contributed by atoms with Gasteiger partial charge in [-0.05, 0) is 68.3 Å². The van der Waals surface area contributed by atoms with Crippen molar-refractivity contribution in [1.82, 2.24) is 10.2 Å². The Morgan fingerprint density at radius 3 is 2.19 bits per heavy atom. The number of halogens is 5. The quantitative estimate of drug-likeness (QED) is 0.257. The van der Waals surface area contributed by atoms with E-state index in [9.17, 15) is 31.2 Å². The Morgan fingerprint density at radius 1 is 0.929 bits per heavy atom. The minimum absolute atomic E-state index is 0.160. The number of benzene rings is 3. The molecule has 7 nitrogen and oxygen atoms in total. The van der Waals surface area contributed by atoms with Gasteiger partial charge in [-0.1, -0.05) is 60.5 Å². The summed E-state index contributed by atoms with van der Waals surface area (Å²) in [6.07, 6.45) is -4.14. The smallest absolute Gasteiger partial charge is 0.352 e. The summed E-state index contributed by atoms with van der Waals surface area (Å²) >= 11 is 12.2. The van der Waals surface area contributed by atoms with Crippen LogP contribution in [0.5, 0.6) is 0 Å². The average Bonchev–Trinajstić information content (AvgIpc) is 2.95. The number of hydrogen-bond donors (Lipinski definition) is 1. The molecule has 3 aromatic rings. The lowest BCUT2D eigenvalue weighted by Gasteiger charge is -2.32. The molecule has 2 amide bonds. The number of alkyl halides is 3. The second kappa shape index (κ2) is 13.8. The fourth-order valence-electron chi connectivity index (χ4n) is 3.97. The van der Waals surface area contributed by atoms with Crippen LogP contribution in [0.2, 0.25) is 10.0 Å². The lowest BCUT2D eigenvalue weighted by atomic mass is 10.1. The first kappa shape index (κ1) is 33.2. The number of amides is 2. The number of carbonyl (C=O) groups is 2. The van der Waals surface area contributed by atoms with Gasteiger partial charge >= 0.3 is 6.18 Å². The molecule has 0 bridgehead atoms. The van der Waals surface area contributed by atoms with Crippen molar-refractivity contribution < 1.29 is 31.2 Å². The van der Waals surface area contributed by atoms with Gasteiger partial charge in [0.2, 0.25) is 11.8 Å². The molecule has 0 aromatic heterocycles. The first-order chi connectivity index (χ1) is 19.6. The summed E-state index contributed by atoms with van der Waals surface area (Å²) < 4.78 is 68.8. The van der Waals surface area contributed by atoms with Crippen molar-refractivity contribution in [3.05, 3.63) is 94.0 Å². The first-order valence-electron chi connectivity index (χ1n) is 12.9. The molecular formula is C29H30Cl2F3N3O4S. The van der Waals surface area contributed by atoms with Crippen LogP contribution in [0.25, 0.3) is 0 Å². The number of carbonyl (C=O) groups excluding carboxylic acids is 2. The van der Waals surface area contributed by atoms with Crippen LogP contribution in [-0.2, 0) is 32.3 Å². The van der Waals surface area contributed by atoms with E-state index >= 15 is 0 Å². The van der Waals surface area contributed by atoms with E-state index in [1.807, 2.05) is 6.92 Å². The summed E-state index contributed by atoms with van der Waals surface area (Å²) in [5.41, 5.74) is -0.958. The summed E-state index contributed by atoms with van der Waals surface area (Å²) in [6.45, 7) is 4.09. The van der Waals surface area contributed by atoms with Crippen molar-refractivity contribution >= 4 is 50.7 Å². The third-order valence-corrected chi connectivity index (χ3v) is 9.10. The largest absolute Gasteiger partial charge is 0.416 e. The van der Waals surface area contributed by atoms with Gasteiger partial charge < -0.3 is 10.2 Å². The standard InChI is InChI=1S/C29H30Cl2F3N3O4S/c1-4-19(2)35-28(39)20(3)36(17-21-13-14-25(30)26(31)15-21)27(38)18-37(42(40,41)24-11-6-5-7-12-24)23-10-8-9-22(16-23)29(32,33)34/h5-16,19-20H,4,17-18H2,1-3H3,(H,35,39)/t19-,20+/m1/s1. The van der Waals surface area contributed by atoms with Crippen LogP contribution in [0.1, 0.15) is 38.3 Å². The van der Waals surface area contributed by atoms with Crippen LogP contribution in [0, 0.1) is 0 Å². The maximum absolute atomic E-state index is 13.9. The zero-order chi connectivity index (χ0) is 31.2. The highest BCUT2D eigenvalue weighted by atomic mass is 35.5. The topological polar surface area (TPSA) is 86.8 Å². The molecule has 13 heteroatoms. The van der Waals surface area contributed by atoms with Crippen molar-refractivity contribution in [3.8, 4) is 0 Å². The van der Waals surface area contributed by atoms with E-state index in [-0.39, 0.29) is 33.2 Å². The SMILES string of the molecule is CC[C@@H](C)NC(=O)[C@H](C)N(Cc1ccc(Cl)c(Cl)c1)C(=O)CN(c1cccc(C(F)(F)F)c1)S(=O)(=O)c1ccccc1. The zero-order valence-electron chi connectivity index (χ0n) is 23.0. The van der Waals surface area contributed by atoms with Gasteiger partial charge in [-0.15, -0.1) is 0 Å². The van der Waals surface area contributed by atoms with Crippen molar-refractivity contribution in [1.29, 1.82) is 0 Å². The van der Waals surface area contributed by atoms with Crippen LogP contribution in [0.15, 0.2) is 77.7 Å². The van der Waals surface area contributed by atoms with Gasteiger partial charge in [0.15, 0.2) is 0 Å². The molecule has 226 valence electrons. The van der Waals surface area contributed by atoms with Crippen LogP contribution in [0.4, 0.5) is 18.9 Å². The molecular weight excluding hydrogens is 614 g/mol. The maximum Gasteiger partial charge on any atom is 0.416 e. The molecule has 0 fully saturated rings. The Labute approximate surface area is 253 Å². The fraction of sp³-hybridized carbons (Fsp3) is 0.310. The van der Waals surface area contributed by atoms with Crippen LogP contribution < -0.4 is 9.62 Å². The van der Waals surface area contributed by atoms with Crippen LogP contribution in [-0.4, -0.2) is 43.8 Å². The number of nitrogens with one attached hydrogen (secondary N) is 1. The summed E-state index contributed by atoms with van der Waals surface area (Å²) in [5.74, 6) is -1.32. The van der Waals surface area contributed by atoms with Crippen molar-refractivity contribution in [2.24, 2.45) is 0 Å². The molecule has 0 unspecified atom stereocenters. The first-order valence-corrected chi connectivity index (χ1v) is 15.1. The Hall–Kier alpha value is -3.28. The van der Waals surface area contributed by atoms with Gasteiger partial charge in [-0.3, -0.25) is 13.9 Å². The minimum Gasteiger partial charge on any atom is -0.352 e. The monoisotopic (exact) mass is 643 g/mol. The Bertz CT molecular complexity index is 1520. The summed E-state index contributed by atoms with van der Waals surface area (Å²) in [5, 5.41) is 3.27. The average molecular weight is 645 g/mol. The van der Waals surface area contributed by atoms with Gasteiger partial charge in [0, 0.05) is 12.6 Å². The van der Waals surface area contributed by atoms with Crippen LogP contribution >= 0.6 is 23.2 Å². The zero-order valence-corrected chi connectivity index (χ0v) is 25.4. The van der Waals surface area contributed by atoms with Crippen molar-refractivity contribution in [2.45, 2.75) is 56.9 Å². The minimum atomic E-state index is -4.76. The molecule has 42 heavy (non-hydrogen) atoms. The predicted octanol–water partition coefficient (Wildman–Crippen LogP) is 6.54. The van der Waals surface area contributed by atoms with Gasteiger partial charge in [0.05, 0.1) is 26.2 Å². The third-order valence-electron chi connectivity index (χ3n) is 6.58. The van der Waals surface area contributed by atoms with E-state index in [4.69, 9.17) is 23.2 Å². The number of anilines is 1. The van der Waals surface area contributed by atoms with E-state index in [0.29, 0.717) is 22.4 Å². The molecule has 0 heterocycles. The van der Waals surface area contributed by atoms with Crippen molar-refractivity contribution in [3.63, 3.8) is 0 Å². The lowest BCUT2D eigenvalue weighted by molar-refractivity contribution is -0.139. The Balaban J connectivity index is 2.09. The maximum atomic E-state index is 13.9. The van der Waals surface area contributed by atoms with E-state index in [1.165, 1.54) is 49.4 Å².